The van der Waals surface area contributed by atoms with Gasteiger partial charge in [0.1, 0.15) is 0 Å². The normalized spacial score (nSPS) is 18.5. The van der Waals surface area contributed by atoms with E-state index in [-0.39, 0.29) is 6.42 Å². The molecule has 0 aromatic heterocycles. The Balaban J connectivity index is 5.54. The molecule has 9 nitrogen and oxygen atoms in total. The molecule has 0 saturated carbocycles. The van der Waals surface area contributed by atoms with E-state index in [2.05, 4.69) is 0 Å². The van der Waals surface area contributed by atoms with Gasteiger partial charge in [0, 0.05) is 0 Å². The lowest BCUT2D eigenvalue weighted by atomic mass is 9.85. The van der Waals surface area contributed by atoms with E-state index in [4.69, 9.17) is 20.6 Å². The highest BCUT2D eigenvalue weighted by Gasteiger charge is 2.64. The Morgan fingerprint density at radius 3 is 1.82 bits per heavy atom. The zero-order valence-corrected chi connectivity index (χ0v) is 9.07. The molecule has 0 aromatic carbocycles. The van der Waals surface area contributed by atoms with Crippen LogP contribution in [-0.4, -0.2) is 59.3 Å². The molecular weight excluding hydrogens is 238 g/mol. The van der Waals surface area contributed by atoms with E-state index in [9.17, 15) is 19.8 Å². The standard InChI is InChI=1S/C8H15NO8/c1-2-3-4-7(14,5(10)11)8(15,6(12)13)9(16)17/h14-17H,2-4H2,1H3,(H,10,11)(H,12,13). The van der Waals surface area contributed by atoms with E-state index in [1.807, 2.05) is 0 Å². The summed E-state index contributed by atoms with van der Waals surface area (Å²) in [6.45, 7) is 1.64. The minimum Gasteiger partial charge on any atom is -0.479 e. The molecule has 6 N–H and O–H groups in total. The van der Waals surface area contributed by atoms with Crippen molar-refractivity contribution in [2.75, 3.05) is 0 Å². The fourth-order valence-electron chi connectivity index (χ4n) is 1.29. The Labute approximate surface area is 96.1 Å². The molecule has 100 valence electrons. The van der Waals surface area contributed by atoms with Gasteiger partial charge in [0.2, 0.25) is 5.60 Å². The molecule has 0 radical (unpaired) electrons. The lowest BCUT2D eigenvalue weighted by Gasteiger charge is -2.38. The van der Waals surface area contributed by atoms with E-state index < -0.39 is 34.9 Å². The van der Waals surface area contributed by atoms with Crippen LogP contribution in [0.2, 0.25) is 0 Å². The molecule has 9 heteroatoms. The summed E-state index contributed by atoms with van der Waals surface area (Å²) < 4.78 is 0. The van der Waals surface area contributed by atoms with Crippen molar-refractivity contribution in [1.29, 1.82) is 0 Å². The van der Waals surface area contributed by atoms with Gasteiger partial charge in [-0.15, -0.1) is 0 Å². The fourth-order valence-corrected chi connectivity index (χ4v) is 1.29. The minimum atomic E-state index is -3.76. The lowest BCUT2D eigenvalue weighted by Crippen LogP contribution is -2.70. The summed E-state index contributed by atoms with van der Waals surface area (Å²) in [5.74, 6) is -4.38. The van der Waals surface area contributed by atoms with Crippen LogP contribution in [-0.2, 0) is 9.59 Å². The molecule has 0 amide bonds. The average Bonchev–Trinajstić information content (AvgIpc) is 2.23. The molecule has 0 saturated heterocycles. The van der Waals surface area contributed by atoms with Gasteiger partial charge in [0.05, 0.1) is 0 Å². The van der Waals surface area contributed by atoms with Crippen molar-refractivity contribution in [2.24, 2.45) is 0 Å². The largest absolute Gasteiger partial charge is 0.479 e. The first-order chi connectivity index (χ1) is 7.64. The van der Waals surface area contributed by atoms with Crippen molar-refractivity contribution in [3.63, 3.8) is 0 Å². The van der Waals surface area contributed by atoms with Crippen LogP contribution >= 0.6 is 0 Å². The highest BCUT2D eigenvalue weighted by atomic mass is 16.8. The minimum absolute atomic E-state index is 0.0617. The van der Waals surface area contributed by atoms with Gasteiger partial charge >= 0.3 is 17.7 Å². The Morgan fingerprint density at radius 2 is 1.59 bits per heavy atom. The van der Waals surface area contributed by atoms with Crippen LogP contribution in [0.25, 0.3) is 0 Å². The summed E-state index contributed by atoms with van der Waals surface area (Å²) in [5.41, 5.74) is -7.01. The lowest BCUT2D eigenvalue weighted by molar-refractivity contribution is -0.429. The number of hydrogen-bond acceptors (Lipinski definition) is 7. The van der Waals surface area contributed by atoms with Crippen LogP contribution in [0.1, 0.15) is 26.2 Å². The SMILES string of the molecule is CCCCC(O)(C(=O)O)C(O)(C(=O)O)N(O)O. The van der Waals surface area contributed by atoms with Crippen LogP contribution in [0, 0.1) is 0 Å². The first-order valence-corrected chi connectivity index (χ1v) is 4.74. The number of unbranched alkanes of at least 4 members (excludes halogenated alkanes) is 1. The molecular formula is C8H15NO8. The summed E-state index contributed by atoms with van der Waals surface area (Å²) in [7, 11) is 0. The monoisotopic (exact) mass is 253 g/mol. The number of carbonyl (C=O) groups is 2. The average molecular weight is 253 g/mol. The Morgan fingerprint density at radius 1 is 1.12 bits per heavy atom. The molecule has 2 unspecified atom stereocenters. The Hall–Kier alpha value is -1.26. The maximum atomic E-state index is 10.9. The number of aliphatic hydroxyl groups is 2. The third kappa shape index (κ3) is 2.53. The van der Waals surface area contributed by atoms with Gasteiger partial charge < -0.3 is 20.4 Å². The molecule has 0 aromatic rings. The first kappa shape index (κ1) is 15.7. The molecule has 0 bridgehead atoms. The van der Waals surface area contributed by atoms with Crippen LogP contribution < -0.4 is 0 Å². The number of nitrogens with zero attached hydrogens (tertiary/aromatic N) is 1. The molecule has 0 heterocycles. The smallest absolute Gasteiger partial charge is 0.360 e. The molecule has 0 spiro atoms. The van der Waals surface area contributed by atoms with Gasteiger partial charge in [-0.1, -0.05) is 19.8 Å². The molecule has 2 atom stereocenters. The summed E-state index contributed by atoms with van der Waals surface area (Å²) >= 11 is 0. The molecule has 0 aliphatic heterocycles. The van der Waals surface area contributed by atoms with E-state index in [1.54, 1.807) is 6.92 Å². The number of carboxylic acids is 2. The van der Waals surface area contributed by atoms with E-state index in [0.717, 1.165) is 0 Å². The van der Waals surface area contributed by atoms with Crippen LogP contribution in [0.4, 0.5) is 0 Å². The first-order valence-electron chi connectivity index (χ1n) is 4.74. The second-order valence-corrected chi connectivity index (χ2v) is 3.54. The molecule has 17 heavy (non-hydrogen) atoms. The van der Waals surface area contributed by atoms with E-state index in [0.29, 0.717) is 6.42 Å². The van der Waals surface area contributed by atoms with Crippen LogP contribution in [0.3, 0.4) is 0 Å². The second kappa shape index (κ2) is 5.38. The van der Waals surface area contributed by atoms with Crippen molar-refractivity contribution < 1.29 is 40.4 Å². The number of rotatable bonds is 7. The Bertz CT molecular complexity index is 306. The van der Waals surface area contributed by atoms with E-state index >= 15 is 0 Å². The van der Waals surface area contributed by atoms with Crippen molar-refractivity contribution >= 4 is 11.9 Å². The topological polar surface area (TPSA) is 159 Å². The maximum Gasteiger partial charge on any atom is 0.360 e. The third-order valence-electron chi connectivity index (χ3n) is 2.41. The number of hydrogen-bond donors (Lipinski definition) is 6. The van der Waals surface area contributed by atoms with Gasteiger partial charge in [-0.3, -0.25) is 10.4 Å². The Kier molecular flexibility index (Phi) is 4.98. The number of carboxylic acid groups (broad SMARTS) is 2. The quantitative estimate of drug-likeness (QED) is 0.243. The fraction of sp³-hybridized carbons (Fsp3) is 0.750. The van der Waals surface area contributed by atoms with Gasteiger partial charge in [-0.05, 0) is 11.6 Å². The maximum absolute atomic E-state index is 10.9. The zero-order valence-electron chi connectivity index (χ0n) is 9.07. The predicted molar refractivity (Wildman–Crippen MR) is 50.1 cm³/mol. The second-order valence-electron chi connectivity index (χ2n) is 3.54. The highest BCUT2D eigenvalue weighted by Crippen LogP contribution is 2.30. The predicted octanol–water partition coefficient (Wildman–Crippen LogP) is -1.15. The molecule has 0 aliphatic carbocycles. The zero-order chi connectivity index (χ0) is 13.9. The van der Waals surface area contributed by atoms with Crippen molar-refractivity contribution in [1.82, 2.24) is 5.23 Å². The number of aliphatic carboxylic acids is 2. The summed E-state index contributed by atoms with van der Waals surface area (Å²) in [5, 5.41) is 52.7. The molecule has 0 fully saturated rings. The van der Waals surface area contributed by atoms with Crippen molar-refractivity contribution in [3.8, 4) is 0 Å². The van der Waals surface area contributed by atoms with E-state index in [1.165, 1.54) is 0 Å². The highest BCUT2D eigenvalue weighted by molar-refractivity contribution is 5.90. The van der Waals surface area contributed by atoms with Gasteiger partial charge in [-0.25, -0.2) is 9.59 Å². The van der Waals surface area contributed by atoms with Gasteiger partial charge in [-0.2, -0.15) is 0 Å². The van der Waals surface area contributed by atoms with Crippen molar-refractivity contribution in [2.45, 2.75) is 37.5 Å². The van der Waals surface area contributed by atoms with Gasteiger partial charge in [0.25, 0.3) is 0 Å². The van der Waals surface area contributed by atoms with Crippen molar-refractivity contribution in [3.05, 3.63) is 0 Å². The summed E-state index contributed by atoms with van der Waals surface area (Å²) in [4.78, 5) is 21.6. The van der Waals surface area contributed by atoms with Gasteiger partial charge in [0.15, 0.2) is 0 Å². The molecule has 0 rings (SSSR count). The summed E-state index contributed by atoms with van der Waals surface area (Å²) in [6, 6.07) is 0. The van der Waals surface area contributed by atoms with Crippen LogP contribution in [0.15, 0.2) is 0 Å². The molecule has 0 aliphatic rings. The number of hydroxylamine groups is 2. The third-order valence-corrected chi connectivity index (χ3v) is 2.41. The summed E-state index contributed by atoms with van der Waals surface area (Å²) in [6.07, 6.45) is -0.201. The van der Waals surface area contributed by atoms with Crippen LogP contribution in [0.5, 0.6) is 0 Å².